The number of hydrogen-bond donors (Lipinski definition) is 1. The number of ether oxygens (including phenoxy) is 1. The molecule has 0 bridgehead atoms. The zero-order valence-corrected chi connectivity index (χ0v) is 14.2. The Bertz CT molecular complexity index is 1130. The molecule has 0 atom stereocenters. The molecule has 1 aromatic heterocycles. The second-order valence-electron chi connectivity index (χ2n) is 5.69. The number of aromatic hydroxyl groups is 1. The van der Waals surface area contributed by atoms with E-state index in [1.54, 1.807) is 60.7 Å². The fourth-order valence-electron chi connectivity index (χ4n) is 2.76. The first kappa shape index (κ1) is 16.2. The highest BCUT2D eigenvalue weighted by Crippen LogP contribution is 2.37. The van der Waals surface area contributed by atoms with Crippen LogP contribution in [-0.2, 0) is 0 Å². The molecule has 0 aliphatic carbocycles. The fourth-order valence-corrected chi connectivity index (χ4v) is 2.89. The van der Waals surface area contributed by atoms with E-state index in [1.807, 2.05) is 12.1 Å². The summed E-state index contributed by atoms with van der Waals surface area (Å²) in [5.41, 5.74) is 1.22. The van der Waals surface area contributed by atoms with E-state index >= 15 is 0 Å². The van der Waals surface area contributed by atoms with Crippen molar-refractivity contribution in [2.24, 2.45) is 0 Å². The first-order chi connectivity index (χ1) is 12.6. The summed E-state index contributed by atoms with van der Waals surface area (Å²) in [6, 6.07) is 20.5. The Hall–Kier alpha value is -3.24. The van der Waals surface area contributed by atoms with E-state index in [2.05, 4.69) is 0 Å². The topological polar surface area (TPSA) is 59.7 Å². The summed E-state index contributed by atoms with van der Waals surface area (Å²) < 4.78 is 11.3. The van der Waals surface area contributed by atoms with E-state index in [9.17, 15) is 9.90 Å². The van der Waals surface area contributed by atoms with Crippen molar-refractivity contribution in [2.75, 3.05) is 0 Å². The summed E-state index contributed by atoms with van der Waals surface area (Å²) in [6.45, 7) is 0. The van der Waals surface area contributed by atoms with Crippen LogP contribution in [0.5, 0.6) is 17.2 Å². The Kier molecular flexibility index (Phi) is 4.11. The molecule has 0 radical (unpaired) electrons. The molecule has 0 fully saturated rings. The van der Waals surface area contributed by atoms with E-state index in [0.29, 0.717) is 21.9 Å². The van der Waals surface area contributed by atoms with Crippen molar-refractivity contribution in [1.82, 2.24) is 0 Å². The second kappa shape index (κ2) is 6.58. The third-order valence-electron chi connectivity index (χ3n) is 3.96. The summed E-state index contributed by atoms with van der Waals surface area (Å²) >= 11 is 5.91. The average Bonchev–Trinajstić information content (AvgIpc) is 2.65. The number of fused-ring (bicyclic) bond motifs is 1. The van der Waals surface area contributed by atoms with Crippen LogP contribution in [0.2, 0.25) is 5.02 Å². The standard InChI is InChI=1S/C21H13ClO4/c22-14-7-11-16(12-8-14)25-20-19(13-5-9-15(23)10-6-13)17-3-1-2-4-18(17)26-21(20)24/h1-12,23H. The van der Waals surface area contributed by atoms with Crippen LogP contribution in [0.4, 0.5) is 0 Å². The van der Waals surface area contributed by atoms with E-state index in [0.717, 1.165) is 10.9 Å². The van der Waals surface area contributed by atoms with Crippen molar-refractivity contribution in [3.8, 4) is 28.4 Å². The van der Waals surface area contributed by atoms with Gasteiger partial charge in [-0.1, -0.05) is 41.9 Å². The Morgan fingerprint density at radius 3 is 2.31 bits per heavy atom. The molecule has 3 aromatic carbocycles. The van der Waals surface area contributed by atoms with Crippen molar-refractivity contribution >= 4 is 22.6 Å². The highest BCUT2D eigenvalue weighted by Gasteiger charge is 2.18. The highest BCUT2D eigenvalue weighted by atomic mass is 35.5. The minimum atomic E-state index is -0.582. The van der Waals surface area contributed by atoms with Gasteiger partial charge in [0.1, 0.15) is 17.1 Å². The van der Waals surface area contributed by atoms with Crippen LogP contribution in [0.3, 0.4) is 0 Å². The summed E-state index contributed by atoms with van der Waals surface area (Å²) in [4.78, 5) is 12.6. The van der Waals surface area contributed by atoms with Gasteiger partial charge in [-0.25, -0.2) is 4.79 Å². The van der Waals surface area contributed by atoms with Crippen molar-refractivity contribution in [1.29, 1.82) is 0 Å². The molecule has 0 spiro atoms. The molecule has 4 nitrogen and oxygen atoms in total. The number of rotatable bonds is 3. The monoisotopic (exact) mass is 364 g/mol. The molecule has 4 aromatic rings. The molecule has 1 heterocycles. The van der Waals surface area contributed by atoms with Gasteiger partial charge in [0.2, 0.25) is 5.75 Å². The van der Waals surface area contributed by atoms with Gasteiger partial charge in [0.15, 0.2) is 0 Å². The first-order valence-corrected chi connectivity index (χ1v) is 8.28. The molecular formula is C21H13ClO4. The third-order valence-corrected chi connectivity index (χ3v) is 4.21. The molecule has 26 heavy (non-hydrogen) atoms. The first-order valence-electron chi connectivity index (χ1n) is 7.90. The molecule has 4 rings (SSSR count). The van der Waals surface area contributed by atoms with E-state index in [4.69, 9.17) is 20.8 Å². The fraction of sp³-hybridized carbons (Fsp3) is 0. The van der Waals surface area contributed by atoms with Crippen LogP contribution >= 0.6 is 11.6 Å². The minimum Gasteiger partial charge on any atom is -0.508 e. The number of phenols is 1. The van der Waals surface area contributed by atoms with Crippen LogP contribution in [0, 0.1) is 0 Å². The lowest BCUT2D eigenvalue weighted by molar-refractivity contribution is 0.439. The number of benzene rings is 3. The molecule has 128 valence electrons. The van der Waals surface area contributed by atoms with Crippen molar-refractivity contribution in [3.05, 3.63) is 88.2 Å². The molecular weight excluding hydrogens is 352 g/mol. The lowest BCUT2D eigenvalue weighted by atomic mass is 10.0. The summed E-state index contributed by atoms with van der Waals surface area (Å²) in [5, 5.41) is 10.9. The van der Waals surface area contributed by atoms with Crippen LogP contribution in [0.1, 0.15) is 0 Å². The number of halogens is 1. The smallest absolute Gasteiger partial charge is 0.380 e. The van der Waals surface area contributed by atoms with Gasteiger partial charge in [0.25, 0.3) is 0 Å². The van der Waals surface area contributed by atoms with Gasteiger partial charge in [-0.15, -0.1) is 0 Å². The van der Waals surface area contributed by atoms with Crippen LogP contribution in [-0.4, -0.2) is 5.11 Å². The zero-order chi connectivity index (χ0) is 18.1. The molecule has 0 aliphatic rings. The minimum absolute atomic E-state index is 0.0803. The predicted octanol–water partition coefficient (Wildman–Crippen LogP) is 5.61. The Labute approximate surface area is 153 Å². The van der Waals surface area contributed by atoms with Gasteiger partial charge in [-0.3, -0.25) is 0 Å². The van der Waals surface area contributed by atoms with Crippen LogP contribution in [0.25, 0.3) is 22.1 Å². The van der Waals surface area contributed by atoms with Gasteiger partial charge in [-0.2, -0.15) is 0 Å². The number of para-hydroxylation sites is 1. The lowest BCUT2D eigenvalue weighted by Gasteiger charge is -2.13. The summed E-state index contributed by atoms with van der Waals surface area (Å²) in [6.07, 6.45) is 0. The second-order valence-corrected chi connectivity index (χ2v) is 6.13. The molecule has 0 saturated carbocycles. The van der Waals surface area contributed by atoms with Crippen molar-refractivity contribution in [3.63, 3.8) is 0 Å². The Morgan fingerprint density at radius 2 is 1.58 bits per heavy atom. The molecule has 1 N–H and O–H groups in total. The van der Waals surface area contributed by atoms with Crippen LogP contribution < -0.4 is 10.4 Å². The Balaban J connectivity index is 1.97. The maximum atomic E-state index is 12.6. The molecule has 0 unspecified atom stereocenters. The molecule has 0 saturated heterocycles. The average molecular weight is 365 g/mol. The van der Waals surface area contributed by atoms with E-state index < -0.39 is 5.63 Å². The Morgan fingerprint density at radius 1 is 0.885 bits per heavy atom. The predicted molar refractivity (Wildman–Crippen MR) is 101 cm³/mol. The van der Waals surface area contributed by atoms with Gasteiger partial charge in [-0.05, 0) is 48.0 Å². The summed E-state index contributed by atoms with van der Waals surface area (Å²) in [5.74, 6) is 0.690. The van der Waals surface area contributed by atoms with Gasteiger partial charge in [0, 0.05) is 16.0 Å². The van der Waals surface area contributed by atoms with Crippen molar-refractivity contribution in [2.45, 2.75) is 0 Å². The van der Waals surface area contributed by atoms with E-state index in [1.165, 1.54) is 0 Å². The number of hydrogen-bond acceptors (Lipinski definition) is 4. The zero-order valence-electron chi connectivity index (χ0n) is 13.5. The molecule has 0 aliphatic heterocycles. The molecule has 0 amide bonds. The van der Waals surface area contributed by atoms with E-state index in [-0.39, 0.29) is 11.5 Å². The van der Waals surface area contributed by atoms with Crippen molar-refractivity contribution < 1.29 is 14.3 Å². The molecule has 5 heteroatoms. The number of phenolic OH excluding ortho intramolecular Hbond substituents is 1. The normalized spacial score (nSPS) is 10.8. The maximum Gasteiger partial charge on any atom is 0.380 e. The van der Waals surface area contributed by atoms with Crippen LogP contribution in [0.15, 0.2) is 82.0 Å². The lowest BCUT2D eigenvalue weighted by Crippen LogP contribution is -2.06. The van der Waals surface area contributed by atoms with Gasteiger partial charge >= 0.3 is 5.63 Å². The summed E-state index contributed by atoms with van der Waals surface area (Å²) in [7, 11) is 0. The third kappa shape index (κ3) is 3.03. The maximum absolute atomic E-state index is 12.6. The largest absolute Gasteiger partial charge is 0.508 e. The highest BCUT2D eigenvalue weighted by molar-refractivity contribution is 6.30. The quantitative estimate of drug-likeness (QED) is 0.480. The van der Waals surface area contributed by atoms with Gasteiger partial charge in [0.05, 0.1) is 0 Å². The van der Waals surface area contributed by atoms with Gasteiger partial charge < -0.3 is 14.3 Å². The SMILES string of the molecule is O=c1oc2ccccc2c(-c2ccc(O)cc2)c1Oc1ccc(Cl)cc1.